The molecule has 0 aliphatic heterocycles. The molecule has 0 N–H and O–H groups in total. The number of benzene rings is 1. The lowest BCUT2D eigenvalue weighted by atomic mass is 9.91. The summed E-state index contributed by atoms with van der Waals surface area (Å²) in [5.41, 5.74) is 0.547. The van der Waals surface area contributed by atoms with E-state index in [4.69, 9.17) is 16.3 Å². The summed E-state index contributed by atoms with van der Waals surface area (Å²) >= 11 is 5.93. The second-order valence-electron chi connectivity index (χ2n) is 4.85. The summed E-state index contributed by atoms with van der Waals surface area (Å²) in [7, 11) is 1.51. The third kappa shape index (κ3) is 4.25. The first-order valence-electron chi connectivity index (χ1n) is 6.25. The number of methoxy groups -OCH3 is 1. The summed E-state index contributed by atoms with van der Waals surface area (Å²) in [4.78, 5) is 12.1. The first-order valence-corrected chi connectivity index (χ1v) is 6.63. The standard InChI is InChI=1S/C15H18ClNO2/c1-10(2)4-6-14(18)13(9-17)12-8-11(16)5-7-15(12)19-3/h5,7-8,10,13H,4,6H2,1-3H3. The van der Waals surface area contributed by atoms with Gasteiger partial charge in [-0.2, -0.15) is 5.26 Å². The zero-order valence-electron chi connectivity index (χ0n) is 11.4. The molecule has 0 heterocycles. The molecule has 0 bridgehead atoms. The molecule has 0 saturated carbocycles. The number of halogens is 1. The zero-order valence-corrected chi connectivity index (χ0v) is 12.2. The highest BCUT2D eigenvalue weighted by Crippen LogP contribution is 2.31. The lowest BCUT2D eigenvalue weighted by Crippen LogP contribution is -2.12. The summed E-state index contributed by atoms with van der Waals surface area (Å²) in [5.74, 6) is 0.0579. The van der Waals surface area contributed by atoms with Gasteiger partial charge in [-0.3, -0.25) is 4.79 Å². The van der Waals surface area contributed by atoms with Gasteiger partial charge in [-0.15, -0.1) is 0 Å². The van der Waals surface area contributed by atoms with Gasteiger partial charge in [-0.1, -0.05) is 25.4 Å². The fourth-order valence-electron chi connectivity index (χ4n) is 1.82. The second-order valence-corrected chi connectivity index (χ2v) is 5.28. The predicted molar refractivity (Wildman–Crippen MR) is 75.4 cm³/mol. The van der Waals surface area contributed by atoms with E-state index in [0.717, 1.165) is 6.42 Å². The Bertz CT molecular complexity index is 491. The average Bonchev–Trinajstić information content (AvgIpc) is 2.37. The van der Waals surface area contributed by atoms with Gasteiger partial charge in [-0.05, 0) is 30.5 Å². The van der Waals surface area contributed by atoms with Crippen molar-refractivity contribution in [3.8, 4) is 11.8 Å². The van der Waals surface area contributed by atoms with E-state index in [1.54, 1.807) is 18.2 Å². The molecule has 0 spiro atoms. The quantitative estimate of drug-likeness (QED) is 0.792. The molecule has 0 radical (unpaired) electrons. The molecule has 19 heavy (non-hydrogen) atoms. The molecule has 102 valence electrons. The fraction of sp³-hybridized carbons (Fsp3) is 0.467. The summed E-state index contributed by atoms with van der Waals surface area (Å²) in [6.45, 7) is 4.10. The van der Waals surface area contributed by atoms with Crippen LogP contribution in [0.15, 0.2) is 18.2 Å². The monoisotopic (exact) mass is 279 g/mol. The average molecular weight is 280 g/mol. The van der Waals surface area contributed by atoms with E-state index < -0.39 is 5.92 Å². The molecule has 1 aromatic carbocycles. The molecular weight excluding hydrogens is 262 g/mol. The van der Waals surface area contributed by atoms with Crippen molar-refractivity contribution in [1.29, 1.82) is 5.26 Å². The first kappa shape index (κ1) is 15.5. The van der Waals surface area contributed by atoms with Crippen molar-refractivity contribution in [3.05, 3.63) is 28.8 Å². The first-order chi connectivity index (χ1) is 8.99. The van der Waals surface area contributed by atoms with Crippen LogP contribution in [0.4, 0.5) is 0 Å². The lowest BCUT2D eigenvalue weighted by Gasteiger charge is -2.14. The van der Waals surface area contributed by atoms with Crippen LogP contribution < -0.4 is 4.74 Å². The van der Waals surface area contributed by atoms with Gasteiger partial charge in [0.25, 0.3) is 0 Å². The third-order valence-electron chi connectivity index (χ3n) is 2.92. The highest BCUT2D eigenvalue weighted by molar-refractivity contribution is 6.30. The zero-order chi connectivity index (χ0) is 14.4. The van der Waals surface area contributed by atoms with Crippen molar-refractivity contribution < 1.29 is 9.53 Å². The molecular formula is C15H18ClNO2. The van der Waals surface area contributed by atoms with Gasteiger partial charge in [-0.25, -0.2) is 0 Å². The van der Waals surface area contributed by atoms with Crippen molar-refractivity contribution in [3.63, 3.8) is 0 Å². The highest BCUT2D eigenvalue weighted by atomic mass is 35.5. The summed E-state index contributed by atoms with van der Waals surface area (Å²) in [6, 6.07) is 7.04. The van der Waals surface area contributed by atoms with Gasteiger partial charge >= 0.3 is 0 Å². The molecule has 4 heteroatoms. The Hall–Kier alpha value is -1.53. The Morgan fingerprint density at radius 1 is 1.47 bits per heavy atom. The number of hydrogen-bond donors (Lipinski definition) is 0. The Labute approximate surface area is 119 Å². The molecule has 3 nitrogen and oxygen atoms in total. The van der Waals surface area contributed by atoms with Crippen LogP contribution in [-0.4, -0.2) is 12.9 Å². The van der Waals surface area contributed by atoms with Crippen molar-refractivity contribution >= 4 is 17.4 Å². The number of hydrogen-bond acceptors (Lipinski definition) is 3. The van der Waals surface area contributed by atoms with Gasteiger partial charge in [0.2, 0.25) is 0 Å². The van der Waals surface area contributed by atoms with E-state index in [0.29, 0.717) is 28.7 Å². The SMILES string of the molecule is COc1ccc(Cl)cc1C(C#N)C(=O)CCC(C)C. The van der Waals surface area contributed by atoms with Crippen LogP contribution in [0.5, 0.6) is 5.75 Å². The maximum atomic E-state index is 12.1. The molecule has 1 rings (SSSR count). The number of rotatable bonds is 6. The van der Waals surface area contributed by atoms with Crippen molar-refractivity contribution in [2.24, 2.45) is 5.92 Å². The van der Waals surface area contributed by atoms with Gasteiger partial charge in [0.15, 0.2) is 5.78 Å². The van der Waals surface area contributed by atoms with Crippen molar-refractivity contribution in [2.45, 2.75) is 32.6 Å². The van der Waals surface area contributed by atoms with Crippen LogP contribution in [-0.2, 0) is 4.79 Å². The van der Waals surface area contributed by atoms with Gasteiger partial charge in [0.1, 0.15) is 11.7 Å². The largest absolute Gasteiger partial charge is 0.496 e. The van der Waals surface area contributed by atoms with Crippen LogP contribution in [0.1, 0.15) is 38.2 Å². The van der Waals surface area contributed by atoms with Crippen LogP contribution in [0.3, 0.4) is 0 Å². The van der Waals surface area contributed by atoms with E-state index in [9.17, 15) is 10.1 Å². The number of carbonyl (C=O) groups excluding carboxylic acids is 1. The van der Waals surface area contributed by atoms with Gasteiger partial charge < -0.3 is 4.74 Å². The molecule has 0 aromatic heterocycles. The smallest absolute Gasteiger partial charge is 0.154 e. The van der Waals surface area contributed by atoms with E-state index in [2.05, 4.69) is 19.9 Å². The normalized spacial score (nSPS) is 12.0. The van der Waals surface area contributed by atoms with Crippen LogP contribution in [0.2, 0.25) is 5.02 Å². The number of ether oxygens (including phenoxy) is 1. The topological polar surface area (TPSA) is 50.1 Å². The molecule has 1 atom stereocenters. The van der Waals surface area contributed by atoms with Gasteiger partial charge in [0, 0.05) is 17.0 Å². The van der Waals surface area contributed by atoms with Crippen molar-refractivity contribution in [2.75, 3.05) is 7.11 Å². The summed E-state index contributed by atoms with van der Waals surface area (Å²) in [6.07, 6.45) is 1.17. The van der Waals surface area contributed by atoms with E-state index in [-0.39, 0.29) is 5.78 Å². The van der Waals surface area contributed by atoms with Crippen molar-refractivity contribution in [1.82, 2.24) is 0 Å². The minimum atomic E-state index is -0.813. The molecule has 0 aliphatic rings. The minimum Gasteiger partial charge on any atom is -0.496 e. The Morgan fingerprint density at radius 3 is 2.68 bits per heavy atom. The highest BCUT2D eigenvalue weighted by Gasteiger charge is 2.23. The maximum absolute atomic E-state index is 12.1. The fourth-order valence-corrected chi connectivity index (χ4v) is 2.00. The number of nitriles is 1. The summed E-state index contributed by atoms with van der Waals surface area (Å²) < 4.78 is 5.20. The molecule has 0 amide bonds. The Balaban J connectivity index is 3.00. The molecule has 0 fully saturated rings. The van der Waals surface area contributed by atoms with E-state index in [1.165, 1.54) is 7.11 Å². The number of carbonyl (C=O) groups is 1. The second kappa shape index (κ2) is 7.16. The third-order valence-corrected chi connectivity index (χ3v) is 3.16. The Kier molecular flexibility index (Phi) is 5.85. The minimum absolute atomic E-state index is 0.0863. The molecule has 1 aromatic rings. The predicted octanol–water partition coefficient (Wildman–Crippen LogP) is 3.96. The summed E-state index contributed by atoms with van der Waals surface area (Å²) in [5, 5.41) is 9.75. The Morgan fingerprint density at radius 2 is 2.16 bits per heavy atom. The van der Waals surface area contributed by atoms with Crippen LogP contribution >= 0.6 is 11.6 Å². The van der Waals surface area contributed by atoms with E-state index >= 15 is 0 Å². The number of Topliss-reactive ketones (excluding diaryl/α,β-unsaturated/α-hetero) is 1. The van der Waals surface area contributed by atoms with E-state index in [1.807, 2.05) is 0 Å². The van der Waals surface area contributed by atoms with Crippen LogP contribution in [0, 0.1) is 17.2 Å². The number of nitrogens with zero attached hydrogens (tertiary/aromatic N) is 1. The lowest BCUT2D eigenvalue weighted by molar-refractivity contribution is -0.119. The van der Waals surface area contributed by atoms with Crippen LogP contribution in [0.25, 0.3) is 0 Å². The molecule has 0 saturated heterocycles. The molecule has 0 aliphatic carbocycles. The van der Waals surface area contributed by atoms with Gasteiger partial charge in [0.05, 0.1) is 13.2 Å². The molecule has 1 unspecified atom stereocenters. The maximum Gasteiger partial charge on any atom is 0.154 e. The number of ketones is 1.